The van der Waals surface area contributed by atoms with E-state index in [0.717, 1.165) is 38.8 Å². The summed E-state index contributed by atoms with van der Waals surface area (Å²) in [5.41, 5.74) is 0.359. The van der Waals surface area contributed by atoms with Crippen LogP contribution < -0.4 is 0 Å². The molecule has 2 saturated heterocycles. The van der Waals surface area contributed by atoms with Crippen LogP contribution >= 0.6 is 0 Å². The van der Waals surface area contributed by atoms with Gasteiger partial charge in [0, 0.05) is 31.7 Å². The van der Waals surface area contributed by atoms with Crippen molar-refractivity contribution in [2.45, 2.75) is 38.5 Å². The number of rotatable bonds is 2. The third kappa shape index (κ3) is 3.94. The first kappa shape index (κ1) is 16.9. The molecule has 1 aromatic carbocycles. The normalized spacial score (nSPS) is 22.1. The quantitative estimate of drug-likeness (QED) is 0.835. The maximum absolute atomic E-state index is 13.3. The molecule has 0 aliphatic carbocycles. The first-order valence-corrected chi connectivity index (χ1v) is 8.99. The van der Waals surface area contributed by atoms with Gasteiger partial charge in [0.25, 0.3) is 5.91 Å². The van der Waals surface area contributed by atoms with Crippen LogP contribution in [0.4, 0.5) is 4.39 Å². The first-order chi connectivity index (χ1) is 11.6. The minimum Gasteiger partial charge on any atom is -0.342 e. The van der Waals surface area contributed by atoms with Crippen molar-refractivity contribution in [1.29, 1.82) is 0 Å². The molecule has 0 aromatic heterocycles. The average molecular weight is 332 g/mol. The zero-order valence-electron chi connectivity index (χ0n) is 14.0. The van der Waals surface area contributed by atoms with Crippen LogP contribution in [0.1, 0.15) is 48.9 Å². The largest absolute Gasteiger partial charge is 0.342 e. The topological polar surface area (TPSA) is 40.6 Å². The third-order valence-corrected chi connectivity index (χ3v) is 5.05. The Labute approximate surface area is 142 Å². The third-order valence-electron chi connectivity index (χ3n) is 5.05. The van der Waals surface area contributed by atoms with Gasteiger partial charge >= 0.3 is 0 Å². The zero-order valence-corrected chi connectivity index (χ0v) is 14.0. The van der Waals surface area contributed by atoms with E-state index in [4.69, 9.17) is 0 Å². The minimum atomic E-state index is -0.407. The van der Waals surface area contributed by atoms with E-state index in [1.807, 2.05) is 4.90 Å². The fourth-order valence-corrected chi connectivity index (χ4v) is 3.72. The number of amides is 2. The molecule has 0 bridgehead atoms. The van der Waals surface area contributed by atoms with E-state index < -0.39 is 5.82 Å². The predicted molar refractivity (Wildman–Crippen MR) is 90.1 cm³/mol. The van der Waals surface area contributed by atoms with Crippen molar-refractivity contribution in [2.24, 2.45) is 5.92 Å². The number of hydrogen-bond donors (Lipinski definition) is 0. The Bertz CT molecular complexity index is 597. The van der Waals surface area contributed by atoms with Crippen LogP contribution in [-0.2, 0) is 4.79 Å². The second-order valence-corrected chi connectivity index (χ2v) is 6.84. The van der Waals surface area contributed by atoms with Crippen LogP contribution in [0.2, 0.25) is 0 Å². The Balaban J connectivity index is 1.65. The lowest BCUT2D eigenvalue weighted by atomic mass is 9.95. The molecular weight excluding hydrogens is 307 g/mol. The second kappa shape index (κ2) is 7.77. The zero-order chi connectivity index (χ0) is 16.9. The van der Waals surface area contributed by atoms with Gasteiger partial charge in [-0.25, -0.2) is 4.39 Å². The van der Waals surface area contributed by atoms with E-state index in [9.17, 15) is 14.0 Å². The molecule has 5 heteroatoms. The number of likely N-dealkylation sites (tertiary alicyclic amines) is 2. The number of nitrogens with zero attached hydrogens (tertiary/aromatic N) is 2. The molecule has 3 rings (SSSR count). The summed E-state index contributed by atoms with van der Waals surface area (Å²) < 4.78 is 13.3. The maximum atomic E-state index is 13.3. The fraction of sp³-hybridized carbons (Fsp3) is 0.579. The van der Waals surface area contributed by atoms with Gasteiger partial charge in [-0.3, -0.25) is 9.59 Å². The van der Waals surface area contributed by atoms with Gasteiger partial charge in [0.15, 0.2) is 0 Å². The summed E-state index contributed by atoms with van der Waals surface area (Å²) in [5.74, 6) is -0.513. The van der Waals surface area contributed by atoms with Gasteiger partial charge in [-0.15, -0.1) is 0 Å². The number of halogens is 1. The van der Waals surface area contributed by atoms with Crippen LogP contribution in [0.3, 0.4) is 0 Å². The molecule has 4 nitrogen and oxygen atoms in total. The monoisotopic (exact) mass is 332 g/mol. The highest BCUT2D eigenvalue weighted by Crippen LogP contribution is 2.22. The highest BCUT2D eigenvalue weighted by Gasteiger charge is 2.31. The van der Waals surface area contributed by atoms with Crippen LogP contribution in [0.5, 0.6) is 0 Å². The summed E-state index contributed by atoms with van der Waals surface area (Å²) in [5, 5.41) is 0. The SMILES string of the molecule is O=C(c1cccc(F)c1)N1CCC[C@H](C(=O)N2CCCCCC2)C1. The van der Waals surface area contributed by atoms with Crippen molar-refractivity contribution in [3.8, 4) is 0 Å². The molecule has 2 amide bonds. The van der Waals surface area contributed by atoms with Gasteiger partial charge in [-0.1, -0.05) is 18.9 Å². The summed E-state index contributed by atoms with van der Waals surface area (Å²) >= 11 is 0. The van der Waals surface area contributed by atoms with Crippen LogP contribution in [-0.4, -0.2) is 47.8 Å². The van der Waals surface area contributed by atoms with Gasteiger partial charge in [0.1, 0.15) is 5.82 Å². The standard InChI is InChI=1S/C19H25FN2O2/c20-17-9-5-7-15(13-17)18(23)22-12-6-8-16(14-22)19(24)21-10-3-1-2-4-11-21/h5,7,9,13,16H,1-4,6,8,10-12,14H2/t16-/m0/s1. The Morgan fingerprint density at radius 2 is 1.67 bits per heavy atom. The van der Waals surface area contributed by atoms with Crippen molar-refractivity contribution in [3.63, 3.8) is 0 Å². The number of carbonyl (C=O) groups excluding carboxylic acids is 2. The molecule has 24 heavy (non-hydrogen) atoms. The van der Waals surface area contributed by atoms with Gasteiger partial charge in [-0.05, 0) is 43.9 Å². The lowest BCUT2D eigenvalue weighted by Crippen LogP contribution is -2.47. The van der Waals surface area contributed by atoms with Gasteiger partial charge in [-0.2, -0.15) is 0 Å². The molecule has 0 N–H and O–H groups in total. The van der Waals surface area contributed by atoms with E-state index in [1.165, 1.54) is 25.0 Å². The Morgan fingerprint density at radius 1 is 0.958 bits per heavy atom. The first-order valence-electron chi connectivity index (χ1n) is 8.99. The summed E-state index contributed by atoms with van der Waals surface area (Å²) in [7, 11) is 0. The minimum absolute atomic E-state index is 0.116. The fourth-order valence-electron chi connectivity index (χ4n) is 3.72. The van der Waals surface area contributed by atoms with Crippen molar-refractivity contribution < 1.29 is 14.0 Å². The molecule has 0 unspecified atom stereocenters. The van der Waals surface area contributed by atoms with E-state index in [0.29, 0.717) is 18.7 Å². The number of carbonyl (C=O) groups is 2. The van der Waals surface area contributed by atoms with Crippen LogP contribution in [0.25, 0.3) is 0 Å². The molecule has 0 spiro atoms. The number of hydrogen-bond acceptors (Lipinski definition) is 2. The molecule has 0 radical (unpaired) electrons. The van der Waals surface area contributed by atoms with E-state index >= 15 is 0 Å². The highest BCUT2D eigenvalue weighted by molar-refractivity contribution is 5.94. The average Bonchev–Trinajstić information content (AvgIpc) is 2.90. The summed E-state index contributed by atoms with van der Waals surface area (Å²) in [6.45, 7) is 2.77. The molecule has 1 aromatic rings. The Morgan fingerprint density at radius 3 is 2.38 bits per heavy atom. The number of piperidine rings is 1. The molecule has 1 atom stereocenters. The second-order valence-electron chi connectivity index (χ2n) is 6.84. The van der Waals surface area contributed by atoms with E-state index in [2.05, 4.69) is 0 Å². The molecule has 130 valence electrons. The van der Waals surface area contributed by atoms with Crippen molar-refractivity contribution in [3.05, 3.63) is 35.6 Å². The van der Waals surface area contributed by atoms with Gasteiger partial charge < -0.3 is 9.80 Å². The van der Waals surface area contributed by atoms with Crippen molar-refractivity contribution in [1.82, 2.24) is 9.80 Å². The molecule has 2 aliphatic rings. The van der Waals surface area contributed by atoms with Crippen molar-refractivity contribution in [2.75, 3.05) is 26.2 Å². The Kier molecular flexibility index (Phi) is 5.48. The van der Waals surface area contributed by atoms with E-state index in [-0.39, 0.29) is 17.7 Å². The molecule has 2 aliphatic heterocycles. The van der Waals surface area contributed by atoms with E-state index in [1.54, 1.807) is 17.0 Å². The Hall–Kier alpha value is -1.91. The lowest BCUT2D eigenvalue weighted by molar-refractivity contribution is -0.136. The molecule has 2 heterocycles. The maximum Gasteiger partial charge on any atom is 0.253 e. The van der Waals surface area contributed by atoms with Gasteiger partial charge in [0.2, 0.25) is 5.91 Å². The molecule has 2 fully saturated rings. The smallest absolute Gasteiger partial charge is 0.253 e. The van der Waals surface area contributed by atoms with Gasteiger partial charge in [0.05, 0.1) is 5.92 Å². The lowest BCUT2D eigenvalue weighted by Gasteiger charge is -2.34. The van der Waals surface area contributed by atoms with Crippen LogP contribution in [0, 0.1) is 11.7 Å². The highest BCUT2D eigenvalue weighted by atomic mass is 19.1. The molecule has 0 saturated carbocycles. The van der Waals surface area contributed by atoms with Crippen LogP contribution in [0.15, 0.2) is 24.3 Å². The number of benzene rings is 1. The predicted octanol–water partition coefficient (Wildman–Crippen LogP) is 3.08. The summed E-state index contributed by atoms with van der Waals surface area (Å²) in [6.07, 6.45) is 6.19. The van der Waals surface area contributed by atoms with Crippen molar-refractivity contribution >= 4 is 11.8 Å². The summed E-state index contributed by atoms with van der Waals surface area (Å²) in [6, 6.07) is 5.78. The summed E-state index contributed by atoms with van der Waals surface area (Å²) in [4.78, 5) is 29.1. The molecular formula is C19H25FN2O2.